The van der Waals surface area contributed by atoms with Crippen LogP contribution in [0.5, 0.6) is 0 Å². The fourth-order valence-electron chi connectivity index (χ4n) is 1.96. The molecule has 0 radical (unpaired) electrons. The summed E-state index contributed by atoms with van der Waals surface area (Å²) in [5, 5.41) is 2.43. The first kappa shape index (κ1) is 14.9. The van der Waals surface area contributed by atoms with Crippen molar-refractivity contribution in [2.24, 2.45) is 0 Å². The van der Waals surface area contributed by atoms with Gasteiger partial charge in [-0.1, -0.05) is 13.3 Å². The zero-order valence-corrected chi connectivity index (χ0v) is 11.5. The third kappa shape index (κ3) is 3.98. The molecule has 2 aromatic rings. The van der Waals surface area contributed by atoms with Crippen molar-refractivity contribution in [1.29, 1.82) is 0 Å². The molecular formula is C15H15F2N3O. The molecule has 0 spiro atoms. The predicted molar refractivity (Wildman–Crippen MR) is 77.0 cm³/mol. The minimum absolute atomic E-state index is 0.0462. The van der Waals surface area contributed by atoms with E-state index in [-0.39, 0.29) is 11.5 Å². The Bertz CT molecular complexity index is 654. The van der Waals surface area contributed by atoms with Crippen LogP contribution >= 0.6 is 0 Å². The van der Waals surface area contributed by atoms with Crippen molar-refractivity contribution in [2.45, 2.75) is 19.8 Å². The fraction of sp³-hybridized carbons (Fsp3) is 0.200. The van der Waals surface area contributed by atoms with E-state index in [2.05, 4.69) is 10.3 Å². The van der Waals surface area contributed by atoms with Crippen molar-refractivity contribution in [1.82, 2.24) is 4.98 Å². The third-order valence-electron chi connectivity index (χ3n) is 2.79. The minimum atomic E-state index is -0.758. The van der Waals surface area contributed by atoms with E-state index in [9.17, 15) is 13.6 Å². The van der Waals surface area contributed by atoms with E-state index in [1.54, 1.807) is 6.07 Å². The number of nitrogen functional groups attached to an aromatic ring is 1. The number of hydrogen-bond donors (Lipinski definition) is 2. The number of amides is 1. The van der Waals surface area contributed by atoms with E-state index in [0.29, 0.717) is 17.7 Å². The lowest BCUT2D eigenvalue weighted by atomic mass is 10.1. The topological polar surface area (TPSA) is 68.0 Å². The average molecular weight is 291 g/mol. The first-order valence-corrected chi connectivity index (χ1v) is 6.52. The Kier molecular flexibility index (Phi) is 4.47. The molecule has 0 fully saturated rings. The van der Waals surface area contributed by atoms with Gasteiger partial charge in [0, 0.05) is 23.0 Å². The molecule has 1 aromatic heterocycles. The second-order valence-electron chi connectivity index (χ2n) is 4.63. The minimum Gasteiger partial charge on any atom is -0.384 e. The zero-order valence-electron chi connectivity index (χ0n) is 11.5. The number of nitrogens with two attached hydrogens (primary N) is 1. The number of aryl methyl sites for hydroxylation is 1. The van der Waals surface area contributed by atoms with Crippen LogP contribution in [0.4, 0.5) is 20.3 Å². The molecule has 6 heteroatoms. The predicted octanol–water partition coefficient (Wildman–Crippen LogP) is 3.15. The smallest absolute Gasteiger partial charge is 0.255 e. The van der Waals surface area contributed by atoms with E-state index in [0.717, 1.165) is 24.6 Å². The Morgan fingerprint density at radius 2 is 1.86 bits per heavy atom. The lowest BCUT2D eigenvalue weighted by Gasteiger charge is -2.08. The van der Waals surface area contributed by atoms with Gasteiger partial charge in [0.2, 0.25) is 0 Å². The van der Waals surface area contributed by atoms with Gasteiger partial charge < -0.3 is 11.1 Å². The normalized spacial score (nSPS) is 10.4. The van der Waals surface area contributed by atoms with Crippen LogP contribution in [0.2, 0.25) is 0 Å². The highest BCUT2D eigenvalue weighted by Crippen LogP contribution is 2.16. The number of hydrogen-bond acceptors (Lipinski definition) is 3. The highest BCUT2D eigenvalue weighted by molar-refractivity contribution is 6.04. The second-order valence-corrected chi connectivity index (χ2v) is 4.63. The first-order valence-electron chi connectivity index (χ1n) is 6.52. The quantitative estimate of drug-likeness (QED) is 0.909. The monoisotopic (exact) mass is 291 g/mol. The Hall–Kier alpha value is -2.50. The van der Waals surface area contributed by atoms with Gasteiger partial charge in [0.05, 0.1) is 0 Å². The molecule has 0 aliphatic rings. The number of benzene rings is 1. The van der Waals surface area contributed by atoms with Crippen molar-refractivity contribution in [2.75, 3.05) is 11.1 Å². The maximum atomic E-state index is 13.1. The summed E-state index contributed by atoms with van der Waals surface area (Å²) < 4.78 is 26.2. The van der Waals surface area contributed by atoms with Gasteiger partial charge >= 0.3 is 0 Å². The van der Waals surface area contributed by atoms with E-state index in [4.69, 9.17) is 5.73 Å². The number of rotatable bonds is 4. The van der Waals surface area contributed by atoms with Crippen LogP contribution in [-0.4, -0.2) is 10.9 Å². The molecule has 0 saturated carbocycles. The number of anilines is 2. The van der Waals surface area contributed by atoms with Crippen molar-refractivity contribution >= 4 is 17.4 Å². The fourth-order valence-corrected chi connectivity index (χ4v) is 1.96. The van der Waals surface area contributed by atoms with Gasteiger partial charge in [0.1, 0.15) is 17.5 Å². The Balaban J connectivity index is 2.23. The summed E-state index contributed by atoms with van der Waals surface area (Å²) in [6.45, 7) is 1.99. The summed E-state index contributed by atoms with van der Waals surface area (Å²) in [6.07, 6.45) is 1.56. The third-order valence-corrected chi connectivity index (χ3v) is 2.79. The summed E-state index contributed by atoms with van der Waals surface area (Å²) in [4.78, 5) is 16.2. The van der Waals surface area contributed by atoms with Gasteiger partial charge in [-0.05, 0) is 30.7 Å². The number of carbonyl (C=O) groups excluding carboxylic acids is 1. The van der Waals surface area contributed by atoms with Crippen LogP contribution < -0.4 is 11.1 Å². The molecule has 4 nitrogen and oxygen atoms in total. The standard InChI is InChI=1S/C15H15F2N3O/c1-2-3-12-4-9(5-14(18)19-12)15(21)20-13-7-10(16)6-11(17)8-13/h4-8H,2-3H2,1H3,(H2,18,19)(H,20,21). The molecule has 0 atom stereocenters. The van der Waals surface area contributed by atoms with Crippen LogP contribution in [0.25, 0.3) is 0 Å². The van der Waals surface area contributed by atoms with Crippen molar-refractivity contribution in [3.05, 3.63) is 53.2 Å². The van der Waals surface area contributed by atoms with Crippen LogP contribution in [-0.2, 0) is 6.42 Å². The van der Waals surface area contributed by atoms with Crippen LogP contribution in [0, 0.1) is 11.6 Å². The number of nitrogens with zero attached hydrogens (tertiary/aromatic N) is 1. The summed E-state index contributed by atoms with van der Waals surface area (Å²) in [6, 6.07) is 5.85. The second kappa shape index (κ2) is 6.30. The Morgan fingerprint density at radius 3 is 2.48 bits per heavy atom. The van der Waals surface area contributed by atoms with Crippen LogP contribution in [0.1, 0.15) is 29.4 Å². The summed E-state index contributed by atoms with van der Waals surface area (Å²) in [5.74, 6) is -1.78. The number of aromatic nitrogens is 1. The highest BCUT2D eigenvalue weighted by atomic mass is 19.1. The van der Waals surface area contributed by atoms with E-state index in [1.165, 1.54) is 6.07 Å². The van der Waals surface area contributed by atoms with Crippen molar-refractivity contribution in [3.63, 3.8) is 0 Å². The molecule has 0 aliphatic carbocycles. The van der Waals surface area contributed by atoms with Crippen LogP contribution in [0.3, 0.4) is 0 Å². The van der Waals surface area contributed by atoms with Gasteiger partial charge in [-0.25, -0.2) is 13.8 Å². The van der Waals surface area contributed by atoms with Gasteiger partial charge in [0.25, 0.3) is 5.91 Å². The van der Waals surface area contributed by atoms with E-state index < -0.39 is 17.5 Å². The van der Waals surface area contributed by atoms with E-state index in [1.807, 2.05) is 6.92 Å². The Labute approximate surface area is 121 Å². The molecule has 1 heterocycles. The largest absolute Gasteiger partial charge is 0.384 e. The summed E-state index contributed by atoms with van der Waals surface area (Å²) in [5.41, 5.74) is 6.71. The molecule has 0 unspecified atom stereocenters. The number of carbonyl (C=O) groups is 1. The van der Waals surface area contributed by atoms with Gasteiger partial charge in [-0.3, -0.25) is 4.79 Å². The summed E-state index contributed by atoms with van der Waals surface area (Å²) >= 11 is 0. The van der Waals surface area contributed by atoms with Gasteiger partial charge in [0.15, 0.2) is 0 Å². The van der Waals surface area contributed by atoms with Crippen LogP contribution in [0.15, 0.2) is 30.3 Å². The number of halogens is 2. The van der Waals surface area contributed by atoms with Gasteiger partial charge in [-0.15, -0.1) is 0 Å². The molecule has 0 saturated heterocycles. The molecule has 2 rings (SSSR count). The SMILES string of the molecule is CCCc1cc(C(=O)Nc2cc(F)cc(F)c2)cc(N)n1. The lowest BCUT2D eigenvalue weighted by molar-refractivity contribution is 0.102. The van der Waals surface area contributed by atoms with Crippen molar-refractivity contribution in [3.8, 4) is 0 Å². The summed E-state index contributed by atoms with van der Waals surface area (Å²) in [7, 11) is 0. The molecule has 21 heavy (non-hydrogen) atoms. The van der Waals surface area contributed by atoms with Gasteiger partial charge in [-0.2, -0.15) is 0 Å². The molecule has 110 valence electrons. The van der Waals surface area contributed by atoms with Crippen molar-refractivity contribution < 1.29 is 13.6 Å². The average Bonchev–Trinajstić information content (AvgIpc) is 2.37. The Morgan fingerprint density at radius 1 is 1.19 bits per heavy atom. The lowest BCUT2D eigenvalue weighted by Crippen LogP contribution is -2.14. The molecule has 1 aromatic carbocycles. The first-order chi connectivity index (χ1) is 9.97. The molecular weight excluding hydrogens is 276 g/mol. The molecule has 1 amide bonds. The molecule has 0 bridgehead atoms. The maximum absolute atomic E-state index is 13.1. The number of nitrogens with one attached hydrogen (secondary N) is 1. The number of pyridine rings is 1. The zero-order chi connectivity index (χ0) is 15.4. The van der Waals surface area contributed by atoms with E-state index >= 15 is 0 Å². The molecule has 0 aliphatic heterocycles. The highest BCUT2D eigenvalue weighted by Gasteiger charge is 2.10. The maximum Gasteiger partial charge on any atom is 0.255 e. The molecule has 3 N–H and O–H groups in total.